The number of hydrogen-bond acceptors (Lipinski definition) is 3. The summed E-state index contributed by atoms with van der Waals surface area (Å²) < 4.78 is 0. The number of thiazole rings is 1. The fourth-order valence-corrected chi connectivity index (χ4v) is 1.87. The highest BCUT2D eigenvalue weighted by Gasteiger charge is 1.99. The van der Waals surface area contributed by atoms with E-state index in [2.05, 4.69) is 35.1 Å². The van der Waals surface area contributed by atoms with Crippen LogP contribution in [0.5, 0.6) is 0 Å². The molecule has 2 aromatic rings. The summed E-state index contributed by atoms with van der Waals surface area (Å²) in [6, 6.07) is 10.2. The first-order valence-electron chi connectivity index (χ1n) is 5.28. The Labute approximate surface area is 108 Å². The molecule has 0 saturated carbocycles. The molecule has 0 radical (unpaired) electrons. The van der Waals surface area contributed by atoms with Crippen LogP contribution in [0.3, 0.4) is 0 Å². The maximum Gasteiger partial charge on any atom is 0.123 e. The lowest BCUT2D eigenvalue weighted by Gasteiger charge is -1.92. The number of nitrogens with zero attached hydrogens (tertiary/aromatic N) is 1. The molecule has 1 aromatic heterocycles. The standard InChI is InChI=1S/C10H9NS.C2H6.CH4S/c1-8-7-12-10(11-8)9-5-3-2-4-6-9;2*1-2/h2-7H,1H3;1-2H3;2H,1H3. The van der Waals surface area contributed by atoms with E-state index >= 15 is 0 Å². The van der Waals surface area contributed by atoms with Crippen LogP contribution in [0.15, 0.2) is 35.7 Å². The number of aromatic nitrogens is 1. The van der Waals surface area contributed by atoms with Gasteiger partial charge in [0, 0.05) is 16.6 Å². The van der Waals surface area contributed by atoms with Crippen molar-refractivity contribution in [3.05, 3.63) is 41.4 Å². The zero-order valence-electron chi connectivity index (χ0n) is 10.3. The summed E-state index contributed by atoms with van der Waals surface area (Å²) >= 11 is 5.22. The zero-order valence-corrected chi connectivity index (χ0v) is 12.0. The number of hydrogen-bond donors (Lipinski definition) is 1. The number of thiol groups is 1. The molecule has 1 aromatic carbocycles. The van der Waals surface area contributed by atoms with Crippen LogP contribution < -0.4 is 0 Å². The van der Waals surface area contributed by atoms with Crippen LogP contribution in [0.2, 0.25) is 0 Å². The molecule has 0 aliphatic rings. The highest BCUT2D eigenvalue weighted by molar-refractivity contribution is 7.79. The Morgan fingerprint density at radius 3 is 2.06 bits per heavy atom. The summed E-state index contributed by atoms with van der Waals surface area (Å²) in [5.41, 5.74) is 2.30. The minimum atomic E-state index is 1.10. The SMILES string of the molecule is CC.CS.Cc1csc(-c2ccccc2)n1. The fraction of sp³-hybridized carbons (Fsp3) is 0.308. The minimum absolute atomic E-state index is 1.10. The molecule has 1 nitrogen and oxygen atoms in total. The second kappa shape index (κ2) is 9.43. The topological polar surface area (TPSA) is 12.9 Å². The van der Waals surface area contributed by atoms with Gasteiger partial charge < -0.3 is 0 Å². The van der Waals surface area contributed by atoms with E-state index in [0.29, 0.717) is 0 Å². The molecule has 3 heteroatoms. The Bertz CT molecular complexity index is 368. The largest absolute Gasteiger partial charge is 0.241 e. The average Bonchev–Trinajstić information content (AvgIpc) is 2.82. The van der Waals surface area contributed by atoms with Gasteiger partial charge in [-0.3, -0.25) is 0 Å². The van der Waals surface area contributed by atoms with Crippen molar-refractivity contribution in [1.82, 2.24) is 4.98 Å². The summed E-state index contributed by atoms with van der Waals surface area (Å²) in [4.78, 5) is 4.40. The molecule has 0 fully saturated rings. The molecular weight excluding hydrogens is 234 g/mol. The first-order valence-corrected chi connectivity index (χ1v) is 7.06. The van der Waals surface area contributed by atoms with Gasteiger partial charge in [0.2, 0.25) is 0 Å². The lowest BCUT2D eigenvalue weighted by atomic mass is 10.2. The van der Waals surface area contributed by atoms with E-state index < -0.39 is 0 Å². The quantitative estimate of drug-likeness (QED) is 0.727. The van der Waals surface area contributed by atoms with Crippen LogP contribution in [0.1, 0.15) is 19.5 Å². The highest BCUT2D eigenvalue weighted by Crippen LogP contribution is 2.22. The predicted molar refractivity (Wildman–Crippen MR) is 78.5 cm³/mol. The number of rotatable bonds is 1. The molecule has 0 bridgehead atoms. The van der Waals surface area contributed by atoms with E-state index in [-0.39, 0.29) is 0 Å². The average molecular weight is 253 g/mol. The van der Waals surface area contributed by atoms with Gasteiger partial charge >= 0.3 is 0 Å². The third kappa shape index (κ3) is 4.81. The molecule has 2 rings (SSSR count). The maximum atomic E-state index is 4.40. The second-order valence-corrected chi connectivity index (χ2v) is 3.52. The summed E-state index contributed by atoms with van der Waals surface area (Å²) in [6.07, 6.45) is 1.69. The molecule has 16 heavy (non-hydrogen) atoms. The lowest BCUT2D eigenvalue weighted by molar-refractivity contribution is 1.27. The van der Waals surface area contributed by atoms with E-state index in [9.17, 15) is 0 Å². The van der Waals surface area contributed by atoms with Crippen molar-refractivity contribution >= 4 is 24.0 Å². The Morgan fingerprint density at radius 1 is 1.06 bits per heavy atom. The molecule has 0 atom stereocenters. The molecular formula is C13H19NS2. The third-order valence-corrected chi connectivity index (χ3v) is 2.65. The Balaban J connectivity index is 0.000000509. The molecule has 0 spiro atoms. The summed E-state index contributed by atoms with van der Waals surface area (Å²) in [6.45, 7) is 6.02. The molecule has 0 saturated heterocycles. The Hall–Kier alpha value is -0.800. The van der Waals surface area contributed by atoms with E-state index in [1.165, 1.54) is 5.56 Å². The normalized spacial score (nSPS) is 8.31. The first-order chi connectivity index (χ1) is 7.86. The van der Waals surface area contributed by atoms with E-state index in [1.807, 2.05) is 39.0 Å². The van der Waals surface area contributed by atoms with E-state index in [4.69, 9.17) is 0 Å². The first kappa shape index (κ1) is 15.2. The third-order valence-electron chi connectivity index (χ3n) is 1.64. The van der Waals surface area contributed by atoms with Gasteiger partial charge in [-0.1, -0.05) is 44.2 Å². The van der Waals surface area contributed by atoms with E-state index in [0.717, 1.165) is 10.7 Å². The van der Waals surface area contributed by atoms with Gasteiger partial charge in [-0.2, -0.15) is 12.6 Å². The van der Waals surface area contributed by atoms with Crippen molar-refractivity contribution in [2.24, 2.45) is 0 Å². The number of aryl methyl sites for hydroxylation is 1. The van der Waals surface area contributed by atoms with Crippen molar-refractivity contribution < 1.29 is 0 Å². The Morgan fingerprint density at radius 2 is 1.62 bits per heavy atom. The minimum Gasteiger partial charge on any atom is -0.241 e. The summed E-state index contributed by atoms with van der Waals surface area (Å²) in [7, 11) is 0. The highest BCUT2D eigenvalue weighted by atomic mass is 32.1. The molecule has 88 valence electrons. The van der Waals surface area contributed by atoms with Crippen molar-refractivity contribution in [3.8, 4) is 10.6 Å². The van der Waals surface area contributed by atoms with Gasteiger partial charge in [0.25, 0.3) is 0 Å². The van der Waals surface area contributed by atoms with Gasteiger partial charge in [0.05, 0.1) is 0 Å². The van der Waals surface area contributed by atoms with Crippen LogP contribution in [-0.2, 0) is 0 Å². The van der Waals surface area contributed by atoms with Crippen molar-refractivity contribution in [1.29, 1.82) is 0 Å². The van der Waals surface area contributed by atoms with Gasteiger partial charge in [0.1, 0.15) is 5.01 Å². The van der Waals surface area contributed by atoms with E-state index in [1.54, 1.807) is 17.6 Å². The monoisotopic (exact) mass is 253 g/mol. The smallest absolute Gasteiger partial charge is 0.123 e. The van der Waals surface area contributed by atoms with Gasteiger partial charge in [-0.15, -0.1) is 11.3 Å². The fourth-order valence-electron chi connectivity index (χ4n) is 1.07. The molecule has 1 heterocycles. The zero-order chi connectivity index (χ0) is 12.4. The second-order valence-electron chi connectivity index (χ2n) is 2.66. The molecule has 0 amide bonds. The molecule has 0 aliphatic heterocycles. The number of benzene rings is 1. The lowest BCUT2D eigenvalue weighted by Crippen LogP contribution is -1.74. The van der Waals surface area contributed by atoms with Crippen molar-refractivity contribution in [2.75, 3.05) is 6.26 Å². The van der Waals surface area contributed by atoms with Gasteiger partial charge in [0.15, 0.2) is 0 Å². The van der Waals surface area contributed by atoms with Crippen LogP contribution in [0.4, 0.5) is 0 Å². The molecule has 0 aliphatic carbocycles. The van der Waals surface area contributed by atoms with Crippen molar-refractivity contribution in [3.63, 3.8) is 0 Å². The summed E-state index contributed by atoms with van der Waals surface area (Å²) in [5, 5.41) is 3.18. The van der Waals surface area contributed by atoms with Crippen LogP contribution in [0, 0.1) is 6.92 Å². The van der Waals surface area contributed by atoms with Crippen LogP contribution in [-0.4, -0.2) is 11.2 Å². The van der Waals surface area contributed by atoms with Gasteiger partial charge in [-0.05, 0) is 13.2 Å². The molecule has 0 unspecified atom stereocenters. The Kier molecular flexibility index (Phi) is 8.96. The predicted octanol–water partition coefficient (Wildman–Crippen LogP) is 4.69. The van der Waals surface area contributed by atoms with Gasteiger partial charge in [-0.25, -0.2) is 4.98 Å². The molecule has 0 N–H and O–H groups in total. The maximum absolute atomic E-state index is 4.40. The summed E-state index contributed by atoms with van der Waals surface area (Å²) in [5.74, 6) is 0. The van der Waals surface area contributed by atoms with Crippen LogP contribution >= 0.6 is 24.0 Å². The van der Waals surface area contributed by atoms with Crippen molar-refractivity contribution in [2.45, 2.75) is 20.8 Å². The van der Waals surface area contributed by atoms with Crippen LogP contribution in [0.25, 0.3) is 10.6 Å².